The Labute approximate surface area is 148 Å². The minimum absolute atomic E-state index is 0.108. The van der Waals surface area contributed by atoms with Crippen molar-refractivity contribution in [2.75, 3.05) is 6.54 Å². The van der Waals surface area contributed by atoms with E-state index in [1.54, 1.807) is 0 Å². The van der Waals surface area contributed by atoms with Crippen LogP contribution >= 0.6 is 0 Å². The summed E-state index contributed by atoms with van der Waals surface area (Å²) in [5.41, 5.74) is 5.02. The van der Waals surface area contributed by atoms with Gasteiger partial charge in [-0.05, 0) is 51.2 Å². The number of hydrogen-bond donors (Lipinski definition) is 2. The Bertz CT molecular complexity index is 779. The lowest BCUT2D eigenvalue weighted by Gasteiger charge is -2.14. The van der Waals surface area contributed by atoms with Crippen LogP contribution < -0.4 is 5.32 Å². The third-order valence-corrected chi connectivity index (χ3v) is 5.57. The summed E-state index contributed by atoms with van der Waals surface area (Å²) in [5.74, 6) is 0.0688. The molecule has 5 heteroatoms. The summed E-state index contributed by atoms with van der Waals surface area (Å²) in [6, 6.07) is 8.24. The number of aliphatic hydroxyl groups is 1. The molecule has 1 amide bonds. The lowest BCUT2D eigenvalue weighted by molar-refractivity contribution is 0.0910. The van der Waals surface area contributed by atoms with Gasteiger partial charge in [-0.3, -0.25) is 4.79 Å². The number of fused-ring (bicyclic) bond motifs is 1. The first kappa shape index (κ1) is 16.3. The second kappa shape index (κ2) is 6.64. The lowest BCUT2D eigenvalue weighted by Crippen LogP contribution is -2.33. The number of hydrogen-bond acceptors (Lipinski definition) is 3. The zero-order valence-corrected chi connectivity index (χ0v) is 14.7. The Morgan fingerprint density at radius 3 is 2.76 bits per heavy atom. The summed E-state index contributed by atoms with van der Waals surface area (Å²) in [5, 5.41) is 17.6. The highest BCUT2D eigenvalue weighted by Gasteiger charge is 2.29. The molecule has 132 valence electrons. The molecule has 2 aromatic rings. The van der Waals surface area contributed by atoms with Crippen molar-refractivity contribution in [3.05, 3.63) is 46.8 Å². The molecule has 0 radical (unpaired) electrons. The molecule has 0 saturated heterocycles. The number of carbonyl (C=O) groups excluding carboxylic acids is 1. The number of carbonyl (C=O) groups is 1. The number of aryl methyl sites for hydroxylation is 1. The third-order valence-electron chi connectivity index (χ3n) is 5.57. The Morgan fingerprint density at radius 1 is 1.24 bits per heavy atom. The summed E-state index contributed by atoms with van der Waals surface area (Å²) in [4.78, 5) is 12.7. The second-order valence-corrected chi connectivity index (χ2v) is 7.34. The molecule has 1 saturated carbocycles. The summed E-state index contributed by atoms with van der Waals surface area (Å²) in [6.45, 7) is 2.60. The van der Waals surface area contributed by atoms with E-state index in [2.05, 4.69) is 41.6 Å². The van der Waals surface area contributed by atoms with Crippen molar-refractivity contribution in [2.24, 2.45) is 5.92 Å². The molecule has 25 heavy (non-hydrogen) atoms. The van der Waals surface area contributed by atoms with Gasteiger partial charge in [-0.2, -0.15) is 5.10 Å². The van der Waals surface area contributed by atoms with Crippen molar-refractivity contribution >= 4 is 5.91 Å². The highest BCUT2D eigenvalue weighted by molar-refractivity contribution is 5.94. The number of rotatable bonds is 4. The fraction of sp³-hybridized carbons (Fsp3) is 0.500. The van der Waals surface area contributed by atoms with Crippen LogP contribution in [0.25, 0.3) is 5.69 Å². The van der Waals surface area contributed by atoms with E-state index in [1.165, 1.54) is 5.56 Å². The largest absolute Gasteiger partial charge is 0.393 e. The third kappa shape index (κ3) is 3.09. The normalized spacial score (nSPS) is 22.2. The first-order valence-electron chi connectivity index (χ1n) is 9.27. The van der Waals surface area contributed by atoms with E-state index in [0.29, 0.717) is 12.2 Å². The van der Waals surface area contributed by atoms with Gasteiger partial charge in [0.25, 0.3) is 5.91 Å². The van der Waals surface area contributed by atoms with E-state index >= 15 is 0 Å². The Morgan fingerprint density at radius 2 is 2.04 bits per heavy atom. The molecule has 1 aromatic carbocycles. The number of nitrogens with zero attached hydrogens (tertiary/aromatic N) is 2. The minimum atomic E-state index is -0.281. The first-order chi connectivity index (χ1) is 12.1. The van der Waals surface area contributed by atoms with E-state index in [4.69, 9.17) is 0 Å². The van der Waals surface area contributed by atoms with Crippen LogP contribution in [0.2, 0.25) is 0 Å². The summed E-state index contributed by atoms with van der Waals surface area (Å²) in [7, 11) is 0. The van der Waals surface area contributed by atoms with Crippen molar-refractivity contribution in [3.8, 4) is 5.69 Å². The molecule has 1 fully saturated rings. The zero-order valence-electron chi connectivity index (χ0n) is 14.7. The van der Waals surface area contributed by atoms with Crippen LogP contribution in [0.15, 0.2) is 24.3 Å². The standard InChI is InChI=1S/C20H25N3O2/c1-13-8-10-15(11-9-13)23-17-6-3-5-16(17)19(22-23)20(25)21-12-14-4-2-7-18(14)24/h8-11,14,18,24H,2-7,12H2,1H3,(H,21,25)/t14-,18+/m1/s1. The SMILES string of the molecule is Cc1ccc(-n2nc(C(=O)NC[C@H]3CCC[C@@H]3O)c3c2CCC3)cc1. The molecule has 2 aliphatic rings. The van der Waals surface area contributed by atoms with Gasteiger partial charge in [0.15, 0.2) is 5.69 Å². The highest BCUT2D eigenvalue weighted by Crippen LogP contribution is 2.28. The molecule has 1 heterocycles. The van der Waals surface area contributed by atoms with Crippen molar-refractivity contribution in [3.63, 3.8) is 0 Å². The molecule has 5 nitrogen and oxygen atoms in total. The molecule has 0 unspecified atom stereocenters. The van der Waals surface area contributed by atoms with Crippen molar-refractivity contribution in [1.82, 2.24) is 15.1 Å². The quantitative estimate of drug-likeness (QED) is 0.900. The zero-order chi connectivity index (χ0) is 17.4. The first-order valence-corrected chi connectivity index (χ1v) is 9.27. The van der Waals surface area contributed by atoms with Crippen LogP contribution in [0, 0.1) is 12.8 Å². The second-order valence-electron chi connectivity index (χ2n) is 7.34. The van der Waals surface area contributed by atoms with E-state index < -0.39 is 0 Å². The maximum absolute atomic E-state index is 12.7. The van der Waals surface area contributed by atoms with Gasteiger partial charge >= 0.3 is 0 Å². The van der Waals surface area contributed by atoms with Gasteiger partial charge in [-0.15, -0.1) is 0 Å². The Kier molecular flexibility index (Phi) is 4.34. The number of amides is 1. The van der Waals surface area contributed by atoms with Gasteiger partial charge < -0.3 is 10.4 Å². The monoisotopic (exact) mass is 339 g/mol. The average molecular weight is 339 g/mol. The molecule has 2 aliphatic carbocycles. The molecule has 1 aromatic heterocycles. The van der Waals surface area contributed by atoms with Crippen LogP contribution in [-0.4, -0.2) is 33.4 Å². The van der Waals surface area contributed by atoms with Crippen LogP contribution in [0.1, 0.15) is 53.0 Å². The molecule has 0 aliphatic heterocycles. The Balaban J connectivity index is 1.56. The van der Waals surface area contributed by atoms with E-state index in [0.717, 1.165) is 55.5 Å². The number of nitrogens with one attached hydrogen (secondary N) is 1. The maximum atomic E-state index is 12.7. The molecule has 0 bridgehead atoms. The summed E-state index contributed by atoms with van der Waals surface area (Å²) in [6.07, 6.45) is 5.53. The number of benzene rings is 1. The van der Waals surface area contributed by atoms with Crippen molar-refractivity contribution < 1.29 is 9.90 Å². The van der Waals surface area contributed by atoms with Crippen LogP contribution in [0.5, 0.6) is 0 Å². The van der Waals surface area contributed by atoms with Gasteiger partial charge in [-0.1, -0.05) is 24.1 Å². The molecular weight excluding hydrogens is 314 g/mol. The predicted octanol–water partition coefficient (Wildman–Crippen LogP) is 2.56. The molecule has 0 spiro atoms. The van der Waals surface area contributed by atoms with Gasteiger partial charge in [0.05, 0.1) is 11.8 Å². The van der Waals surface area contributed by atoms with E-state index in [1.807, 2.05) is 4.68 Å². The molecular formula is C20H25N3O2. The van der Waals surface area contributed by atoms with Crippen molar-refractivity contribution in [1.29, 1.82) is 0 Å². The number of aromatic nitrogens is 2. The highest BCUT2D eigenvalue weighted by atomic mass is 16.3. The lowest BCUT2D eigenvalue weighted by atomic mass is 10.1. The van der Waals surface area contributed by atoms with Gasteiger partial charge in [0, 0.05) is 23.7 Å². The van der Waals surface area contributed by atoms with Crippen LogP contribution in [-0.2, 0) is 12.8 Å². The van der Waals surface area contributed by atoms with E-state index in [9.17, 15) is 9.90 Å². The van der Waals surface area contributed by atoms with Gasteiger partial charge in [0.2, 0.25) is 0 Å². The maximum Gasteiger partial charge on any atom is 0.272 e. The smallest absolute Gasteiger partial charge is 0.272 e. The summed E-state index contributed by atoms with van der Waals surface area (Å²) >= 11 is 0. The fourth-order valence-corrected chi connectivity index (χ4v) is 4.08. The molecule has 2 N–H and O–H groups in total. The minimum Gasteiger partial charge on any atom is -0.393 e. The van der Waals surface area contributed by atoms with Crippen LogP contribution in [0.3, 0.4) is 0 Å². The Hall–Kier alpha value is -2.14. The van der Waals surface area contributed by atoms with Crippen LogP contribution in [0.4, 0.5) is 0 Å². The average Bonchev–Trinajstić information content (AvgIpc) is 3.30. The van der Waals surface area contributed by atoms with Crippen molar-refractivity contribution in [2.45, 2.75) is 51.6 Å². The van der Waals surface area contributed by atoms with Gasteiger partial charge in [0.1, 0.15) is 0 Å². The predicted molar refractivity (Wildman–Crippen MR) is 96.0 cm³/mol. The van der Waals surface area contributed by atoms with Gasteiger partial charge in [-0.25, -0.2) is 4.68 Å². The molecule has 2 atom stereocenters. The number of aliphatic hydroxyl groups excluding tert-OH is 1. The summed E-state index contributed by atoms with van der Waals surface area (Å²) < 4.78 is 1.93. The fourth-order valence-electron chi connectivity index (χ4n) is 4.08. The molecule has 4 rings (SSSR count). The topological polar surface area (TPSA) is 67.2 Å². The van der Waals surface area contributed by atoms with E-state index in [-0.39, 0.29) is 17.9 Å².